The molecule has 39 heteroatoms. The second kappa shape index (κ2) is 46.7. The van der Waals surface area contributed by atoms with Gasteiger partial charge in [0.25, 0.3) is 0 Å². The van der Waals surface area contributed by atoms with E-state index < -0.39 is 35.6 Å². The van der Waals surface area contributed by atoms with E-state index in [-0.39, 0.29) is 88.3 Å². The fourth-order valence-electron chi connectivity index (χ4n) is 19.1. The molecule has 7 saturated carbocycles. The number of benzene rings is 1. The molecule has 12 aromatic heterocycles. The Morgan fingerprint density at radius 1 is 0.356 bits per heavy atom. The maximum Gasteiger partial charge on any atom is 0.433 e. The number of amides is 5. The van der Waals surface area contributed by atoms with Crippen LogP contribution in [-0.4, -0.2) is 117 Å². The molecule has 0 saturated heterocycles. The smallest absolute Gasteiger partial charge is 0.330 e. The average molecular weight is 2040 g/mol. The zero-order chi connectivity index (χ0) is 104. The van der Waals surface area contributed by atoms with Gasteiger partial charge >= 0.3 is 18.5 Å². The first kappa shape index (κ1) is 108. The summed E-state index contributed by atoms with van der Waals surface area (Å²) >= 11 is 6.02. The monoisotopic (exact) mass is 2040 g/mol. The van der Waals surface area contributed by atoms with Crippen LogP contribution in [0.25, 0.3) is 67.0 Å². The number of nitrogens with zero attached hydrogens (tertiary/aromatic N) is 18. The van der Waals surface area contributed by atoms with Crippen molar-refractivity contribution in [1.29, 1.82) is 0 Å². The second-order valence-corrected chi connectivity index (χ2v) is 42.9. The van der Waals surface area contributed by atoms with Gasteiger partial charge in [-0.3, -0.25) is 78.0 Å². The van der Waals surface area contributed by atoms with Crippen LogP contribution in [0.5, 0.6) is 0 Å². The summed E-state index contributed by atoms with van der Waals surface area (Å²) in [4.78, 5) is 114. The number of halogens is 10. The SMILES string of the molecule is C=C(CC(C)C)Nc1nc2ccc(Cl)nc2n1CC(C)C.CC(C)(C)CC(=O)Nc1nc2ccc(C(F)(F)F)nc2n1C1CCC1.Cc1ccc(CC(=O)Nc2nc3ccc(C(F)(F)F)nc3n2C2CCC2)cc1.Cc1ccc2nc(NC(=O)CC(C)C)n(C3CCC3)c2n1.Cc1ccc2nc(NC(=O)CC3CCCCC3)n(C3CCC3)c2n1.O=C(CCC1CCCC1)Nc1nc2ccc(C(F)(F)F)nc2n1C1CCC1. The number of hydrogen-bond acceptors (Lipinski definition) is 18. The van der Waals surface area contributed by atoms with Crippen LogP contribution >= 0.6 is 11.6 Å². The van der Waals surface area contributed by atoms with Gasteiger partial charge in [0.1, 0.15) is 55.3 Å². The highest BCUT2D eigenvalue weighted by Gasteiger charge is 2.40. The van der Waals surface area contributed by atoms with Crippen molar-refractivity contribution in [1.82, 2.24) is 87.2 Å². The van der Waals surface area contributed by atoms with Crippen molar-refractivity contribution in [3.8, 4) is 0 Å². The van der Waals surface area contributed by atoms with Gasteiger partial charge in [-0.15, -0.1) is 0 Å². The standard InChI is InChI=1S/C20H19F3N4O.C19H23F3N4O.C19H26N4O.C17H21F3N4O.C16H23ClN4.C16H22N4O/c1-12-5-7-13(8-6-12)11-17(28)26-19-24-15-9-10-16(20(21,22)23)25-18(15)27(19)14-3-2-4-14;20-19(21,22)15-10-9-14-17(24-15)26(13-6-3-7-13)18(23-14)25-16(27)11-8-12-4-1-2-5-12;1-13-10-11-16-18(20-13)23(15-8-5-9-15)19(21-16)22-17(24)12-14-6-3-2-4-7-14;1-16(2,3)9-13(25)23-15-21-11-7-8-12(17(18,19)20)22-14(11)24(15)10-5-4-6-10;1-10(2)8-12(5)18-16-19-13-6-7-14(17)20-15(13)21(16)9-11(3)4;1-10(2)9-14(21)19-16-18-13-8-7-11(3)17-15(13)20(16)12-5-4-6-12/h5-10,14H,2-4,11H2,1H3,(H,24,26,28);9-10,12-13H,1-8,11H2,(H,23,25,27);10-11,14-15H,2-9,12H2,1H3,(H,21,22,24);7-8,10H,4-6,9H2,1-3H3,(H,21,23,25);6-7,10-11H,5,8-9H2,1-4H3,(H,18,19);7-8,10,12H,4-6,9H2,1-3H3,(H,18,19,21). The van der Waals surface area contributed by atoms with Crippen LogP contribution in [0.2, 0.25) is 5.15 Å². The number of aromatic nitrogens is 18. The average Bonchev–Trinajstić information content (AvgIpc) is 1.62. The summed E-state index contributed by atoms with van der Waals surface area (Å²) < 4.78 is 129. The van der Waals surface area contributed by atoms with Gasteiger partial charge in [0.2, 0.25) is 65.2 Å². The van der Waals surface area contributed by atoms with E-state index in [1.807, 2.05) is 110 Å². The molecule has 20 rings (SSSR count). The summed E-state index contributed by atoms with van der Waals surface area (Å²) in [7, 11) is 0. The van der Waals surface area contributed by atoms with E-state index in [4.69, 9.17) is 11.6 Å². The summed E-state index contributed by atoms with van der Waals surface area (Å²) in [6, 6.07) is 26.8. The van der Waals surface area contributed by atoms with Crippen LogP contribution in [0.1, 0.15) is 325 Å². The fraction of sp³-hybridized carbons (Fsp3) is 0.542. The van der Waals surface area contributed by atoms with E-state index in [2.05, 4.69) is 140 Å². The normalized spacial score (nSPS) is 16.1. The number of pyridine rings is 6. The quantitative estimate of drug-likeness (QED) is 0.0217. The summed E-state index contributed by atoms with van der Waals surface area (Å²) in [6.07, 6.45) is 16.3. The molecule has 0 unspecified atom stereocenters. The Morgan fingerprint density at radius 3 is 1.08 bits per heavy atom. The molecule has 782 valence electrons. The van der Waals surface area contributed by atoms with Gasteiger partial charge in [-0.25, -0.2) is 59.8 Å². The highest BCUT2D eigenvalue weighted by atomic mass is 35.5. The van der Waals surface area contributed by atoms with Crippen LogP contribution in [-0.2, 0) is 55.5 Å². The zero-order valence-electron chi connectivity index (χ0n) is 85.2. The molecule has 7 aliphatic carbocycles. The number of allylic oxidation sites excluding steroid dienone is 1. The summed E-state index contributed by atoms with van der Waals surface area (Å²) in [5.41, 5.74) is 8.63. The number of anilines is 6. The van der Waals surface area contributed by atoms with Crippen molar-refractivity contribution in [2.24, 2.45) is 35.0 Å². The number of carbonyl (C=O) groups is 5. The lowest BCUT2D eigenvalue weighted by Gasteiger charge is -2.28. The van der Waals surface area contributed by atoms with Crippen molar-refractivity contribution in [2.75, 3.05) is 31.9 Å². The predicted octanol–water partition coefficient (Wildman–Crippen LogP) is 26.8. The van der Waals surface area contributed by atoms with Crippen molar-refractivity contribution >= 4 is 144 Å². The van der Waals surface area contributed by atoms with Gasteiger partial charge < -0.3 is 5.32 Å². The molecule has 6 N–H and O–H groups in total. The second-order valence-electron chi connectivity index (χ2n) is 42.5. The fourth-order valence-corrected chi connectivity index (χ4v) is 19.3. The van der Waals surface area contributed by atoms with Gasteiger partial charge in [0.05, 0.1) is 6.42 Å². The molecule has 13 aromatic rings. The van der Waals surface area contributed by atoms with Gasteiger partial charge in [-0.05, 0) is 256 Å². The number of imidazole rings is 6. The van der Waals surface area contributed by atoms with Crippen LogP contribution < -0.4 is 31.9 Å². The van der Waals surface area contributed by atoms with Crippen LogP contribution in [0.4, 0.5) is 75.2 Å². The minimum atomic E-state index is -4.53. The Hall–Kier alpha value is -12.5. The molecule has 1 aromatic carbocycles. The minimum Gasteiger partial charge on any atom is -0.330 e. The largest absolute Gasteiger partial charge is 0.433 e. The molecule has 146 heavy (non-hydrogen) atoms. The van der Waals surface area contributed by atoms with Crippen LogP contribution in [0.3, 0.4) is 0 Å². The Labute approximate surface area is 848 Å². The van der Waals surface area contributed by atoms with Crippen molar-refractivity contribution in [3.05, 3.63) is 154 Å². The van der Waals surface area contributed by atoms with E-state index in [0.717, 1.165) is 189 Å². The zero-order valence-corrected chi connectivity index (χ0v) is 86.0. The van der Waals surface area contributed by atoms with Gasteiger partial charge in [-0.2, -0.15) is 39.5 Å². The highest BCUT2D eigenvalue weighted by molar-refractivity contribution is 6.29. The Bertz CT molecular complexity index is 6790. The summed E-state index contributed by atoms with van der Waals surface area (Å²) in [6.45, 7) is 29.5. The number of fused-ring (bicyclic) bond motifs is 6. The Morgan fingerprint density at radius 2 is 0.699 bits per heavy atom. The number of carbonyl (C=O) groups excluding carboxylic acids is 5. The molecular formula is C107H134ClF9N24O5. The highest BCUT2D eigenvalue weighted by Crippen LogP contribution is 2.45. The number of hydrogen-bond donors (Lipinski definition) is 6. The van der Waals surface area contributed by atoms with E-state index in [9.17, 15) is 63.5 Å². The van der Waals surface area contributed by atoms with Gasteiger partial charge in [0, 0.05) is 79.5 Å². The van der Waals surface area contributed by atoms with E-state index >= 15 is 0 Å². The summed E-state index contributed by atoms with van der Waals surface area (Å²) in [5, 5.41) is 18.2. The lowest BCUT2D eigenvalue weighted by atomic mass is 9.87. The maximum atomic E-state index is 13.1. The maximum absolute atomic E-state index is 13.1. The molecule has 0 spiro atoms. The molecule has 0 aliphatic heterocycles. The topological polar surface area (TPSA) is 342 Å². The third kappa shape index (κ3) is 27.7. The number of nitrogens with one attached hydrogen (secondary N) is 6. The molecule has 0 atom stereocenters. The molecule has 7 fully saturated rings. The molecule has 12 heterocycles. The number of aryl methyl sites for hydroxylation is 3. The first-order valence-corrected chi connectivity index (χ1v) is 51.9. The van der Waals surface area contributed by atoms with Gasteiger partial charge in [-0.1, -0.05) is 155 Å². The molecule has 7 aliphatic rings. The molecule has 29 nitrogen and oxygen atoms in total. The first-order valence-electron chi connectivity index (χ1n) is 51.5. The Balaban J connectivity index is 0.000000132. The Kier molecular flexibility index (Phi) is 34.5. The number of rotatable bonds is 26. The first-order chi connectivity index (χ1) is 69.4. The van der Waals surface area contributed by atoms with Crippen LogP contribution in [0, 0.1) is 55.8 Å². The molecular weight excluding hydrogens is 1910 g/mol. The van der Waals surface area contributed by atoms with Gasteiger partial charge in [0.15, 0.2) is 33.9 Å². The number of alkyl halides is 9. The summed E-state index contributed by atoms with van der Waals surface area (Å²) in [5.74, 6) is 5.04. The lowest BCUT2D eigenvalue weighted by molar-refractivity contribution is -0.141. The predicted molar refractivity (Wildman–Crippen MR) is 550 cm³/mol. The van der Waals surface area contributed by atoms with E-state index in [0.29, 0.717) is 107 Å². The molecule has 5 amide bonds. The lowest BCUT2D eigenvalue weighted by Crippen LogP contribution is -2.25. The molecule has 0 bridgehead atoms. The van der Waals surface area contributed by atoms with Crippen molar-refractivity contribution in [2.45, 2.75) is 337 Å². The van der Waals surface area contributed by atoms with E-state index in [1.165, 1.54) is 88.8 Å². The van der Waals surface area contributed by atoms with Crippen molar-refractivity contribution < 1.29 is 63.5 Å². The van der Waals surface area contributed by atoms with Crippen LogP contribution in [0.15, 0.2) is 109 Å². The minimum absolute atomic E-state index is 0.00402. The van der Waals surface area contributed by atoms with Crippen molar-refractivity contribution in [3.63, 3.8) is 0 Å². The molecule has 0 radical (unpaired) electrons. The third-order valence-corrected chi connectivity index (χ3v) is 27.8. The third-order valence-electron chi connectivity index (χ3n) is 27.6. The van der Waals surface area contributed by atoms with E-state index in [1.54, 1.807) is 19.8 Å².